The van der Waals surface area contributed by atoms with E-state index in [1.165, 1.54) is 0 Å². The molecule has 1 saturated carbocycles. The number of benzene rings is 1. The fraction of sp³-hybridized carbons (Fsp3) is 0.545. The highest BCUT2D eigenvalue weighted by molar-refractivity contribution is 6.10. The number of rotatable bonds is 6. The van der Waals surface area contributed by atoms with E-state index in [9.17, 15) is 19.2 Å². The van der Waals surface area contributed by atoms with Gasteiger partial charge in [0.15, 0.2) is 0 Å². The molecule has 1 aliphatic heterocycles. The van der Waals surface area contributed by atoms with Crippen molar-refractivity contribution in [1.82, 2.24) is 15.1 Å². The molecule has 5 amide bonds. The second-order valence-electron chi connectivity index (χ2n) is 7.92. The van der Waals surface area contributed by atoms with Crippen LogP contribution in [-0.2, 0) is 9.59 Å². The van der Waals surface area contributed by atoms with Crippen molar-refractivity contribution in [2.45, 2.75) is 57.9 Å². The van der Waals surface area contributed by atoms with Gasteiger partial charge in [0.1, 0.15) is 12.1 Å². The van der Waals surface area contributed by atoms with Crippen molar-refractivity contribution in [2.75, 3.05) is 25.0 Å². The third-order valence-electron chi connectivity index (χ3n) is 5.97. The first-order chi connectivity index (χ1) is 14.4. The highest BCUT2D eigenvalue weighted by Gasteiger charge is 2.51. The molecule has 2 aliphatic rings. The van der Waals surface area contributed by atoms with Crippen LogP contribution in [0.1, 0.15) is 62.7 Å². The third kappa shape index (κ3) is 4.47. The Hall–Kier alpha value is -2.90. The zero-order valence-electron chi connectivity index (χ0n) is 17.7. The lowest BCUT2D eigenvalue weighted by atomic mass is 9.90. The summed E-state index contributed by atoms with van der Waals surface area (Å²) in [6, 6.07) is 6.10. The van der Waals surface area contributed by atoms with E-state index in [1.807, 2.05) is 13.8 Å². The maximum Gasteiger partial charge on any atom is 0.325 e. The van der Waals surface area contributed by atoms with Crippen LogP contribution in [-0.4, -0.2) is 58.7 Å². The summed E-state index contributed by atoms with van der Waals surface area (Å²) in [6.45, 7) is 4.77. The molecule has 1 saturated heterocycles. The summed E-state index contributed by atoms with van der Waals surface area (Å²) in [6.07, 6.45) is 5.14. The Morgan fingerprint density at radius 3 is 2.20 bits per heavy atom. The number of nitrogens with zero attached hydrogens (tertiary/aromatic N) is 2. The second kappa shape index (κ2) is 9.28. The summed E-state index contributed by atoms with van der Waals surface area (Å²) in [7, 11) is 0. The molecule has 0 aromatic heterocycles. The number of anilines is 1. The van der Waals surface area contributed by atoms with Gasteiger partial charge >= 0.3 is 6.03 Å². The van der Waals surface area contributed by atoms with Gasteiger partial charge in [-0.15, -0.1) is 0 Å². The van der Waals surface area contributed by atoms with Crippen molar-refractivity contribution in [3.63, 3.8) is 0 Å². The molecule has 1 heterocycles. The molecule has 0 bridgehead atoms. The van der Waals surface area contributed by atoms with Gasteiger partial charge < -0.3 is 15.5 Å². The topological polar surface area (TPSA) is 98.8 Å². The van der Waals surface area contributed by atoms with Gasteiger partial charge in [0, 0.05) is 24.3 Å². The van der Waals surface area contributed by atoms with Crippen LogP contribution in [0.15, 0.2) is 24.3 Å². The maximum absolute atomic E-state index is 12.9. The molecule has 1 spiro atoms. The van der Waals surface area contributed by atoms with Crippen LogP contribution in [0, 0.1) is 0 Å². The highest BCUT2D eigenvalue weighted by atomic mass is 16.2. The summed E-state index contributed by atoms with van der Waals surface area (Å²) in [5.74, 6) is -0.817. The van der Waals surface area contributed by atoms with Gasteiger partial charge in [-0.2, -0.15) is 0 Å². The highest BCUT2D eigenvalue weighted by Crippen LogP contribution is 2.32. The fourth-order valence-electron chi connectivity index (χ4n) is 4.22. The smallest absolute Gasteiger partial charge is 0.325 e. The van der Waals surface area contributed by atoms with Crippen molar-refractivity contribution in [3.8, 4) is 0 Å². The van der Waals surface area contributed by atoms with Crippen molar-refractivity contribution in [3.05, 3.63) is 29.8 Å². The van der Waals surface area contributed by atoms with Gasteiger partial charge in [-0.05, 0) is 51.0 Å². The van der Waals surface area contributed by atoms with E-state index in [0.29, 0.717) is 37.2 Å². The predicted octanol–water partition coefficient (Wildman–Crippen LogP) is 2.75. The molecular formula is C22H30N4O4. The average Bonchev–Trinajstić information content (AvgIpc) is 2.89. The molecule has 0 atom stereocenters. The molecule has 2 N–H and O–H groups in total. The van der Waals surface area contributed by atoms with E-state index in [1.54, 1.807) is 29.2 Å². The molecule has 1 aliphatic carbocycles. The van der Waals surface area contributed by atoms with E-state index in [-0.39, 0.29) is 18.4 Å². The van der Waals surface area contributed by atoms with E-state index in [0.717, 1.165) is 30.6 Å². The SMILES string of the molecule is CCN(CC)C(=O)c1ccc(NC(=O)CN2C(=O)NC3(CCCCCC3)C2=O)cc1. The normalized spacial score (nSPS) is 18.1. The first-order valence-corrected chi connectivity index (χ1v) is 10.7. The number of hydrogen-bond acceptors (Lipinski definition) is 4. The molecule has 1 aromatic carbocycles. The van der Waals surface area contributed by atoms with Gasteiger partial charge in [0.05, 0.1) is 0 Å². The Kier molecular flexibility index (Phi) is 6.74. The Labute approximate surface area is 177 Å². The van der Waals surface area contributed by atoms with Crippen molar-refractivity contribution >= 4 is 29.4 Å². The minimum absolute atomic E-state index is 0.0640. The second-order valence-corrected chi connectivity index (χ2v) is 7.92. The van der Waals surface area contributed by atoms with Gasteiger partial charge in [-0.1, -0.05) is 25.7 Å². The molecule has 0 radical (unpaired) electrons. The monoisotopic (exact) mass is 414 g/mol. The number of amides is 5. The Balaban J connectivity index is 1.61. The van der Waals surface area contributed by atoms with E-state index in [2.05, 4.69) is 10.6 Å². The number of hydrogen-bond donors (Lipinski definition) is 2. The lowest BCUT2D eigenvalue weighted by molar-refractivity contribution is -0.134. The van der Waals surface area contributed by atoms with Crippen LogP contribution >= 0.6 is 0 Å². The molecule has 162 valence electrons. The molecule has 8 nitrogen and oxygen atoms in total. The van der Waals surface area contributed by atoms with E-state index < -0.39 is 17.5 Å². The third-order valence-corrected chi connectivity index (χ3v) is 5.97. The minimum Gasteiger partial charge on any atom is -0.339 e. The largest absolute Gasteiger partial charge is 0.339 e. The lowest BCUT2D eigenvalue weighted by Gasteiger charge is -2.24. The van der Waals surface area contributed by atoms with Gasteiger partial charge in [-0.3, -0.25) is 19.3 Å². The fourth-order valence-corrected chi connectivity index (χ4v) is 4.22. The number of nitrogens with one attached hydrogen (secondary N) is 2. The number of imide groups is 1. The quantitative estimate of drug-likeness (QED) is 0.699. The van der Waals surface area contributed by atoms with E-state index in [4.69, 9.17) is 0 Å². The van der Waals surface area contributed by atoms with Crippen LogP contribution < -0.4 is 10.6 Å². The number of urea groups is 1. The van der Waals surface area contributed by atoms with Crippen LogP contribution in [0.25, 0.3) is 0 Å². The lowest BCUT2D eigenvalue weighted by Crippen LogP contribution is -2.47. The van der Waals surface area contributed by atoms with Crippen LogP contribution in [0.5, 0.6) is 0 Å². The Morgan fingerprint density at radius 2 is 1.63 bits per heavy atom. The molecule has 1 aromatic rings. The number of carbonyl (C=O) groups is 4. The van der Waals surface area contributed by atoms with Gasteiger partial charge in [0.2, 0.25) is 5.91 Å². The molecule has 8 heteroatoms. The zero-order chi connectivity index (χ0) is 21.7. The maximum atomic E-state index is 12.9. The van der Waals surface area contributed by atoms with Gasteiger partial charge in [-0.25, -0.2) is 4.79 Å². The first-order valence-electron chi connectivity index (χ1n) is 10.7. The molecular weight excluding hydrogens is 384 g/mol. The Bertz CT molecular complexity index is 809. The average molecular weight is 415 g/mol. The van der Waals surface area contributed by atoms with Crippen LogP contribution in [0.4, 0.5) is 10.5 Å². The van der Waals surface area contributed by atoms with E-state index >= 15 is 0 Å². The van der Waals surface area contributed by atoms with Gasteiger partial charge in [0.25, 0.3) is 11.8 Å². The summed E-state index contributed by atoms with van der Waals surface area (Å²) in [4.78, 5) is 52.8. The molecule has 30 heavy (non-hydrogen) atoms. The molecule has 2 fully saturated rings. The zero-order valence-corrected chi connectivity index (χ0v) is 17.7. The summed E-state index contributed by atoms with van der Waals surface area (Å²) in [5, 5.41) is 5.53. The van der Waals surface area contributed by atoms with Crippen molar-refractivity contribution < 1.29 is 19.2 Å². The number of carbonyl (C=O) groups excluding carboxylic acids is 4. The van der Waals surface area contributed by atoms with Crippen molar-refractivity contribution in [1.29, 1.82) is 0 Å². The van der Waals surface area contributed by atoms with Crippen LogP contribution in [0.2, 0.25) is 0 Å². The standard InChI is InChI=1S/C22H30N4O4/c1-3-25(4-2)19(28)16-9-11-17(12-10-16)23-18(27)15-26-20(29)22(24-21(26)30)13-7-5-6-8-14-22/h9-12H,3-8,13-15H2,1-2H3,(H,23,27)(H,24,30). The molecule has 0 unspecified atom stereocenters. The summed E-state index contributed by atoms with van der Waals surface area (Å²) >= 11 is 0. The Morgan fingerprint density at radius 1 is 1.03 bits per heavy atom. The predicted molar refractivity (Wildman–Crippen MR) is 113 cm³/mol. The summed E-state index contributed by atoms with van der Waals surface area (Å²) in [5.41, 5.74) is 0.203. The summed E-state index contributed by atoms with van der Waals surface area (Å²) < 4.78 is 0. The minimum atomic E-state index is -0.847. The van der Waals surface area contributed by atoms with Crippen LogP contribution in [0.3, 0.4) is 0 Å². The first kappa shape index (κ1) is 21.8. The molecule has 3 rings (SSSR count). The van der Waals surface area contributed by atoms with Crippen molar-refractivity contribution in [2.24, 2.45) is 0 Å².